The number of hydrogen-bond donors (Lipinski definition) is 0. The average molecular weight is 355 g/mol. The molecule has 0 saturated heterocycles. The highest BCUT2D eigenvalue weighted by Gasteiger charge is 2.24. The zero-order chi connectivity index (χ0) is 15.7. The topological polar surface area (TPSA) is 9.23 Å². The molecule has 0 aliphatic rings. The molecule has 0 unspecified atom stereocenters. The van der Waals surface area contributed by atoms with E-state index >= 15 is 0 Å². The fourth-order valence-corrected chi connectivity index (χ4v) is 3.23. The molecule has 0 fully saturated rings. The molecular formula is C19H31BrO. The van der Waals surface area contributed by atoms with Crippen molar-refractivity contribution in [1.82, 2.24) is 0 Å². The van der Waals surface area contributed by atoms with E-state index in [0.717, 1.165) is 10.2 Å². The maximum Gasteiger partial charge on any atom is 0.122 e. The Hall–Kier alpha value is -0.500. The van der Waals surface area contributed by atoms with Gasteiger partial charge in [-0.1, -0.05) is 81.6 Å². The summed E-state index contributed by atoms with van der Waals surface area (Å²) < 4.78 is 6.67. The van der Waals surface area contributed by atoms with E-state index in [0.29, 0.717) is 0 Å². The van der Waals surface area contributed by atoms with Crippen molar-refractivity contribution in [2.75, 3.05) is 7.11 Å². The second kappa shape index (κ2) is 9.50. The van der Waals surface area contributed by atoms with Gasteiger partial charge in [-0.15, -0.1) is 0 Å². The molecule has 0 aliphatic carbocycles. The zero-order valence-corrected chi connectivity index (χ0v) is 15.8. The summed E-state index contributed by atoms with van der Waals surface area (Å²) in [5.41, 5.74) is 1.48. The molecule has 21 heavy (non-hydrogen) atoms. The number of methoxy groups -OCH3 is 1. The minimum Gasteiger partial charge on any atom is -0.496 e. The lowest BCUT2D eigenvalue weighted by molar-refractivity contribution is 0.378. The van der Waals surface area contributed by atoms with Crippen LogP contribution in [0.4, 0.5) is 0 Å². The normalized spacial score (nSPS) is 11.7. The molecule has 0 aromatic heterocycles. The summed E-state index contributed by atoms with van der Waals surface area (Å²) in [7, 11) is 1.76. The van der Waals surface area contributed by atoms with E-state index in [1.165, 1.54) is 56.9 Å². The van der Waals surface area contributed by atoms with E-state index in [4.69, 9.17) is 4.74 Å². The van der Waals surface area contributed by atoms with Gasteiger partial charge in [0, 0.05) is 10.0 Å². The van der Waals surface area contributed by atoms with Gasteiger partial charge in [0.25, 0.3) is 0 Å². The predicted octanol–water partition coefficient (Wildman–Crippen LogP) is 6.88. The maximum atomic E-state index is 5.54. The maximum absolute atomic E-state index is 5.54. The van der Waals surface area contributed by atoms with Gasteiger partial charge in [0.2, 0.25) is 0 Å². The van der Waals surface area contributed by atoms with Gasteiger partial charge >= 0.3 is 0 Å². The Morgan fingerprint density at radius 1 is 1.00 bits per heavy atom. The lowest BCUT2D eigenvalue weighted by atomic mass is 9.79. The van der Waals surface area contributed by atoms with E-state index < -0.39 is 0 Å². The van der Waals surface area contributed by atoms with Crippen LogP contribution in [0.5, 0.6) is 5.75 Å². The number of ether oxygens (including phenoxy) is 1. The van der Waals surface area contributed by atoms with E-state index in [2.05, 4.69) is 48.8 Å². The van der Waals surface area contributed by atoms with Gasteiger partial charge < -0.3 is 4.74 Å². The Morgan fingerprint density at radius 2 is 1.62 bits per heavy atom. The summed E-state index contributed by atoms with van der Waals surface area (Å²) in [6.07, 6.45) is 10.8. The fraction of sp³-hybridized carbons (Fsp3) is 0.684. The molecule has 0 amide bonds. The third kappa shape index (κ3) is 6.42. The van der Waals surface area contributed by atoms with Crippen molar-refractivity contribution in [2.45, 2.75) is 77.6 Å². The third-order valence-corrected chi connectivity index (χ3v) is 4.79. The van der Waals surface area contributed by atoms with Gasteiger partial charge in [-0.05, 0) is 30.0 Å². The first-order chi connectivity index (χ1) is 10.0. The summed E-state index contributed by atoms with van der Waals surface area (Å²) in [5.74, 6) is 1.01. The van der Waals surface area contributed by atoms with Crippen LogP contribution in [0.15, 0.2) is 22.7 Å². The minimum absolute atomic E-state index is 0.165. The van der Waals surface area contributed by atoms with Crippen LogP contribution in [0.25, 0.3) is 0 Å². The third-order valence-electron chi connectivity index (χ3n) is 4.30. The molecule has 1 aromatic rings. The summed E-state index contributed by atoms with van der Waals surface area (Å²) in [6.45, 7) is 6.93. The summed E-state index contributed by atoms with van der Waals surface area (Å²) in [4.78, 5) is 0. The second-order valence-corrected chi connectivity index (χ2v) is 7.52. The second-order valence-electron chi connectivity index (χ2n) is 6.60. The molecule has 0 spiro atoms. The largest absolute Gasteiger partial charge is 0.496 e. The molecule has 0 bridgehead atoms. The van der Waals surface area contributed by atoms with Crippen LogP contribution in [0.3, 0.4) is 0 Å². The quantitative estimate of drug-likeness (QED) is 0.416. The van der Waals surface area contributed by atoms with Crippen LogP contribution >= 0.6 is 15.9 Å². The lowest BCUT2D eigenvalue weighted by Crippen LogP contribution is -2.18. The molecule has 1 nitrogen and oxygen atoms in total. The molecule has 0 atom stereocenters. The number of unbranched alkanes of at least 4 members (excludes halogenated alkanes) is 6. The molecule has 2 heteroatoms. The molecular weight excluding hydrogens is 324 g/mol. The first-order valence-corrected chi connectivity index (χ1v) is 9.14. The molecule has 0 saturated carbocycles. The van der Waals surface area contributed by atoms with Gasteiger partial charge in [-0.25, -0.2) is 0 Å². The molecule has 0 radical (unpaired) electrons. The number of rotatable bonds is 10. The van der Waals surface area contributed by atoms with Gasteiger partial charge in [-0.2, -0.15) is 0 Å². The number of benzene rings is 1. The van der Waals surface area contributed by atoms with Gasteiger partial charge in [0.05, 0.1) is 7.11 Å². The number of halogens is 1. The Morgan fingerprint density at radius 3 is 2.24 bits per heavy atom. The van der Waals surface area contributed by atoms with Crippen LogP contribution in [0.1, 0.15) is 77.7 Å². The van der Waals surface area contributed by atoms with Crippen molar-refractivity contribution in [3.8, 4) is 5.75 Å². The van der Waals surface area contributed by atoms with Crippen molar-refractivity contribution in [2.24, 2.45) is 0 Å². The van der Waals surface area contributed by atoms with Gasteiger partial charge in [-0.3, -0.25) is 0 Å². The van der Waals surface area contributed by atoms with Crippen LogP contribution in [-0.4, -0.2) is 7.11 Å². The highest BCUT2D eigenvalue weighted by molar-refractivity contribution is 9.10. The van der Waals surface area contributed by atoms with Crippen LogP contribution < -0.4 is 4.74 Å². The molecule has 0 heterocycles. The number of hydrogen-bond acceptors (Lipinski definition) is 1. The predicted molar refractivity (Wildman–Crippen MR) is 96.3 cm³/mol. The molecule has 1 aromatic carbocycles. The van der Waals surface area contributed by atoms with Crippen molar-refractivity contribution >= 4 is 15.9 Å². The summed E-state index contributed by atoms with van der Waals surface area (Å²) in [5, 5.41) is 0. The van der Waals surface area contributed by atoms with E-state index in [-0.39, 0.29) is 5.41 Å². The van der Waals surface area contributed by atoms with Gasteiger partial charge in [0.15, 0.2) is 0 Å². The van der Waals surface area contributed by atoms with E-state index in [1.54, 1.807) is 7.11 Å². The first kappa shape index (κ1) is 18.5. The lowest BCUT2D eigenvalue weighted by Gasteiger charge is -2.27. The molecule has 0 N–H and O–H groups in total. The Bertz CT molecular complexity index is 412. The Balaban J connectivity index is 2.47. The van der Waals surface area contributed by atoms with Crippen LogP contribution in [0.2, 0.25) is 0 Å². The Kier molecular flexibility index (Phi) is 8.39. The van der Waals surface area contributed by atoms with E-state index in [9.17, 15) is 0 Å². The van der Waals surface area contributed by atoms with Crippen molar-refractivity contribution < 1.29 is 4.74 Å². The van der Waals surface area contributed by atoms with Crippen molar-refractivity contribution in [3.05, 3.63) is 28.2 Å². The highest BCUT2D eigenvalue weighted by Crippen LogP contribution is 2.37. The Labute approximate surface area is 139 Å². The average Bonchev–Trinajstić information content (AvgIpc) is 2.46. The van der Waals surface area contributed by atoms with Crippen molar-refractivity contribution in [3.63, 3.8) is 0 Å². The molecule has 1 rings (SSSR count). The van der Waals surface area contributed by atoms with Crippen LogP contribution in [-0.2, 0) is 5.41 Å². The summed E-state index contributed by atoms with van der Waals surface area (Å²) >= 11 is 3.58. The van der Waals surface area contributed by atoms with Crippen molar-refractivity contribution in [1.29, 1.82) is 0 Å². The SMILES string of the molecule is CCCCCCCCCC(C)(C)c1cc(Br)ccc1OC. The fourth-order valence-electron chi connectivity index (χ4n) is 2.87. The highest BCUT2D eigenvalue weighted by atomic mass is 79.9. The smallest absolute Gasteiger partial charge is 0.122 e. The monoisotopic (exact) mass is 354 g/mol. The van der Waals surface area contributed by atoms with E-state index in [1.807, 2.05) is 6.07 Å². The first-order valence-electron chi connectivity index (χ1n) is 8.35. The van der Waals surface area contributed by atoms with Gasteiger partial charge in [0.1, 0.15) is 5.75 Å². The molecule has 120 valence electrons. The minimum atomic E-state index is 0.165. The van der Waals surface area contributed by atoms with Crippen LogP contribution in [0, 0.1) is 0 Å². The molecule has 0 aliphatic heterocycles. The standard InChI is InChI=1S/C19H31BrO/c1-5-6-7-8-9-10-11-14-19(2,3)17-15-16(20)12-13-18(17)21-4/h12-13,15H,5-11,14H2,1-4H3. The zero-order valence-electron chi connectivity index (χ0n) is 14.2. The summed E-state index contributed by atoms with van der Waals surface area (Å²) in [6, 6.07) is 6.32.